The second kappa shape index (κ2) is 6.05. The van der Waals surface area contributed by atoms with Gasteiger partial charge in [0.2, 0.25) is 10.0 Å². The Morgan fingerprint density at radius 2 is 1.87 bits per heavy atom. The molecule has 1 aliphatic rings. The average Bonchev–Trinajstić information content (AvgIpc) is 3.38. The number of benzene rings is 1. The van der Waals surface area contributed by atoms with E-state index in [9.17, 15) is 18.5 Å². The molecular formula is C15H15N3O4S. The Morgan fingerprint density at radius 1 is 1.17 bits per heavy atom. The first-order chi connectivity index (χ1) is 11.0. The predicted octanol–water partition coefficient (Wildman–Crippen LogP) is 2.42. The summed E-state index contributed by atoms with van der Waals surface area (Å²) in [7, 11) is -3.79. The molecule has 1 saturated carbocycles. The lowest BCUT2D eigenvalue weighted by atomic mass is 10.0. The fourth-order valence-electron chi connectivity index (χ4n) is 2.40. The van der Waals surface area contributed by atoms with Gasteiger partial charge in [-0.1, -0.05) is 30.3 Å². The highest BCUT2D eigenvalue weighted by atomic mass is 32.2. The Balaban J connectivity index is 1.85. The number of nitro groups is 1. The number of nitrogens with zero attached hydrogens (tertiary/aromatic N) is 2. The van der Waals surface area contributed by atoms with Crippen LogP contribution in [0.15, 0.2) is 53.6 Å². The van der Waals surface area contributed by atoms with Crippen molar-refractivity contribution in [2.24, 2.45) is 5.92 Å². The molecule has 7 nitrogen and oxygen atoms in total. The van der Waals surface area contributed by atoms with Gasteiger partial charge in [0.15, 0.2) is 6.20 Å². The molecule has 0 aliphatic heterocycles. The Hall–Kier alpha value is -2.32. The molecule has 1 heterocycles. The number of sulfonamides is 1. The number of aromatic nitrogens is 1. The monoisotopic (exact) mass is 333 g/mol. The SMILES string of the molecule is O=[N+]([O-])c1ccc(S(=O)(=O)N[C@H](c2ccccc2)C2CC2)cn1. The molecule has 120 valence electrons. The first-order valence-electron chi connectivity index (χ1n) is 7.15. The summed E-state index contributed by atoms with van der Waals surface area (Å²) in [5, 5.41) is 10.6. The summed E-state index contributed by atoms with van der Waals surface area (Å²) in [6, 6.07) is 11.4. The molecule has 1 aromatic heterocycles. The van der Waals surface area contributed by atoms with Crippen LogP contribution in [0.5, 0.6) is 0 Å². The summed E-state index contributed by atoms with van der Waals surface area (Å²) < 4.78 is 27.7. The number of rotatable bonds is 6. The van der Waals surface area contributed by atoms with Crippen LogP contribution in [0.2, 0.25) is 0 Å². The van der Waals surface area contributed by atoms with E-state index in [0.29, 0.717) is 0 Å². The van der Waals surface area contributed by atoms with Gasteiger partial charge in [-0.25, -0.2) is 13.1 Å². The number of nitrogens with one attached hydrogen (secondary N) is 1. The van der Waals surface area contributed by atoms with Gasteiger partial charge in [-0.2, -0.15) is 0 Å². The quantitative estimate of drug-likeness (QED) is 0.646. The van der Waals surface area contributed by atoms with E-state index in [0.717, 1.165) is 30.7 Å². The summed E-state index contributed by atoms with van der Waals surface area (Å²) in [4.78, 5) is 13.4. The fraction of sp³-hybridized carbons (Fsp3) is 0.267. The lowest BCUT2D eigenvalue weighted by molar-refractivity contribution is -0.389. The van der Waals surface area contributed by atoms with Gasteiger partial charge >= 0.3 is 5.82 Å². The maximum Gasteiger partial charge on any atom is 0.363 e. The van der Waals surface area contributed by atoms with Crippen molar-refractivity contribution in [3.63, 3.8) is 0 Å². The van der Waals surface area contributed by atoms with Crippen molar-refractivity contribution in [3.8, 4) is 0 Å². The normalized spacial score (nSPS) is 16.0. The molecule has 0 bridgehead atoms. The second-order valence-corrected chi connectivity index (χ2v) is 7.17. The van der Waals surface area contributed by atoms with E-state index in [1.807, 2.05) is 30.3 Å². The molecule has 1 atom stereocenters. The molecule has 0 radical (unpaired) electrons. The first-order valence-corrected chi connectivity index (χ1v) is 8.63. The van der Waals surface area contributed by atoms with Crippen molar-refractivity contribution in [3.05, 3.63) is 64.3 Å². The van der Waals surface area contributed by atoms with Crippen molar-refractivity contribution >= 4 is 15.8 Å². The standard InChI is InChI=1S/C15H15N3O4S/c19-18(20)14-9-8-13(10-16-14)23(21,22)17-15(12-6-7-12)11-4-2-1-3-5-11/h1-5,8-10,12,15,17H,6-7H2/t15-/m1/s1. The highest BCUT2D eigenvalue weighted by Crippen LogP contribution is 2.41. The van der Waals surface area contributed by atoms with Gasteiger partial charge in [-0.05, 0) is 40.3 Å². The molecule has 0 unspecified atom stereocenters. The minimum atomic E-state index is -3.79. The van der Waals surface area contributed by atoms with Gasteiger partial charge in [0.05, 0.1) is 0 Å². The Kier molecular flexibility index (Phi) is 4.10. The van der Waals surface area contributed by atoms with E-state index in [-0.39, 0.29) is 22.7 Å². The zero-order chi connectivity index (χ0) is 16.4. The molecule has 1 aliphatic carbocycles. The molecule has 2 aromatic rings. The Bertz CT molecular complexity index is 802. The smallest absolute Gasteiger partial charge is 0.358 e. The van der Waals surface area contributed by atoms with E-state index in [4.69, 9.17) is 0 Å². The van der Waals surface area contributed by atoms with Crippen molar-refractivity contribution in [1.29, 1.82) is 0 Å². The van der Waals surface area contributed by atoms with Crippen LogP contribution in [-0.4, -0.2) is 18.3 Å². The van der Waals surface area contributed by atoms with Gasteiger partial charge in [0, 0.05) is 12.1 Å². The number of pyridine rings is 1. The lowest BCUT2D eigenvalue weighted by Gasteiger charge is -2.18. The minimum Gasteiger partial charge on any atom is -0.358 e. The first kappa shape index (κ1) is 15.6. The van der Waals surface area contributed by atoms with Gasteiger partial charge in [0.25, 0.3) is 0 Å². The number of hydrogen-bond acceptors (Lipinski definition) is 5. The van der Waals surface area contributed by atoms with Crippen LogP contribution in [0.3, 0.4) is 0 Å². The zero-order valence-corrected chi connectivity index (χ0v) is 12.9. The predicted molar refractivity (Wildman–Crippen MR) is 83.1 cm³/mol. The van der Waals surface area contributed by atoms with E-state index in [1.54, 1.807) is 0 Å². The molecule has 0 saturated heterocycles. The summed E-state index contributed by atoms with van der Waals surface area (Å²) >= 11 is 0. The van der Waals surface area contributed by atoms with Gasteiger partial charge in [-0.15, -0.1) is 0 Å². The van der Waals surface area contributed by atoms with Gasteiger partial charge < -0.3 is 10.1 Å². The third-order valence-corrected chi connectivity index (χ3v) is 5.18. The van der Waals surface area contributed by atoms with Crippen LogP contribution in [0.25, 0.3) is 0 Å². The van der Waals surface area contributed by atoms with Crippen LogP contribution in [0.4, 0.5) is 5.82 Å². The van der Waals surface area contributed by atoms with Crippen LogP contribution < -0.4 is 4.72 Å². The third-order valence-electron chi connectivity index (χ3n) is 3.75. The van der Waals surface area contributed by atoms with Gasteiger partial charge in [-0.3, -0.25) is 0 Å². The maximum atomic E-state index is 12.5. The highest BCUT2D eigenvalue weighted by Gasteiger charge is 2.35. The second-order valence-electron chi connectivity index (χ2n) is 5.46. The molecule has 0 amide bonds. The lowest BCUT2D eigenvalue weighted by Crippen LogP contribution is -2.30. The van der Waals surface area contributed by atoms with Crippen molar-refractivity contribution in [1.82, 2.24) is 9.71 Å². The Labute approximate surface area is 133 Å². The van der Waals surface area contributed by atoms with E-state index >= 15 is 0 Å². The zero-order valence-electron chi connectivity index (χ0n) is 12.1. The topological polar surface area (TPSA) is 102 Å². The van der Waals surface area contributed by atoms with Gasteiger partial charge in [0.1, 0.15) is 4.90 Å². The summed E-state index contributed by atoms with van der Waals surface area (Å²) in [5.41, 5.74) is 0.911. The summed E-state index contributed by atoms with van der Waals surface area (Å²) in [5.74, 6) is -0.107. The molecular weight excluding hydrogens is 318 g/mol. The Morgan fingerprint density at radius 3 is 2.39 bits per heavy atom. The van der Waals surface area contributed by atoms with Crippen LogP contribution in [0, 0.1) is 16.0 Å². The van der Waals surface area contributed by atoms with Crippen LogP contribution in [-0.2, 0) is 10.0 Å². The van der Waals surface area contributed by atoms with Crippen LogP contribution in [0.1, 0.15) is 24.4 Å². The van der Waals surface area contributed by atoms with E-state index in [2.05, 4.69) is 9.71 Å². The number of hydrogen-bond donors (Lipinski definition) is 1. The van der Waals surface area contributed by atoms with E-state index < -0.39 is 14.9 Å². The molecule has 1 aromatic carbocycles. The maximum absolute atomic E-state index is 12.5. The largest absolute Gasteiger partial charge is 0.363 e. The molecule has 8 heteroatoms. The van der Waals surface area contributed by atoms with E-state index in [1.165, 1.54) is 6.07 Å². The van der Waals surface area contributed by atoms with Crippen molar-refractivity contribution < 1.29 is 13.3 Å². The molecule has 23 heavy (non-hydrogen) atoms. The fourth-order valence-corrected chi connectivity index (χ4v) is 3.64. The van der Waals surface area contributed by atoms with Crippen molar-refractivity contribution in [2.75, 3.05) is 0 Å². The van der Waals surface area contributed by atoms with Crippen molar-refractivity contribution in [2.45, 2.75) is 23.8 Å². The molecule has 3 rings (SSSR count). The summed E-state index contributed by atoms with van der Waals surface area (Å²) in [6.45, 7) is 0. The minimum absolute atomic E-state index is 0.0790. The third kappa shape index (κ3) is 3.54. The molecule has 1 fully saturated rings. The molecule has 1 N–H and O–H groups in total. The average molecular weight is 333 g/mol. The van der Waals surface area contributed by atoms with Crippen LogP contribution >= 0.6 is 0 Å². The summed E-state index contributed by atoms with van der Waals surface area (Å²) in [6.07, 6.45) is 2.95. The highest BCUT2D eigenvalue weighted by molar-refractivity contribution is 7.89. The molecule has 0 spiro atoms.